The van der Waals surface area contributed by atoms with Crippen LogP contribution in [0.15, 0.2) is 58.7 Å². The first kappa shape index (κ1) is 16.9. The zero-order chi connectivity index (χ0) is 17.6. The predicted octanol–water partition coefficient (Wildman–Crippen LogP) is 2.77. The monoisotopic (exact) mass is 353 g/mol. The number of nitrogens with zero attached hydrogens (tertiary/aromatic N) is 2. The first-order valence-corrected chi connectivity index (χ1v) is 8.51. The van der Waals surface area contributed by atoms with Crippen LogP contribution in [0, 0.1) is 6.92 Å². The van der Waals surface area contributed by atoms with Crippen molar-refractivity contribution in [2.24, 2.45) is 10.2 Å². The molecule has 6 nitrogen and oxygen atoms in total. The van der Waals surface area contributed by atoms with Crippen molar-refractivity contribution in [3.63, 3.8) is 0 Å². The molecular formula is C18H15N3O3S. The quantitative estimate of drug-likeness (QED) is 0.397. The van der Waals surface area contributed by atoms with Gasteiger partial charge in [0.15, 0.2) is 5.17 Å². The number of carbonyl (C=O) groups excluding carboxylic acids is 2. The Labute approximate surface area is 149 Å². The highest BCUT2D eigenvalue weighted by Gasteiger charge is 2.15. The lowest BCUT2D eigenvalue weighted by atomic mass is 10.1. The van der Waals surface area contributed by atoms with Crippen molar-refractivity contribution in [2.45, 2.75) is 6.92 Å². The minimum absolute atomic E-state index is 0.0706. The number of rotatable bonds is 4. The second-order valence-electron chi connectivity index (χ2n) is 5.31. The smallest absolute Gasteiger partial charge is 0.343 e. The van der Waals surface area contributed by atoms with Crippen LogP contribution < -0.4 is 10.1 Å². The minimum Gasteiger partial charge on any atom is -0.423 e. The van der Waals surface area contributed by atoms with Crippen LogP contribution in [-0.4, -0.2) is 29.0 Å². The Hall–Kier alpha value is -2.93. The van der Waals surface area contributed by atoms with Gasteiger partial charge in [0.25, 0.3) is 0 Å². The predicted molar refractivity (Wildman–Crippen MR) is 98.2 cm³/mol. The molecule has 1 aliphatic heterocycles. The summed E-state index contributed by atoms with van der Waals surface area (Å²) in [6.07, 6.45) is 1.56. The number of amides is 1. The lowest BCUT2D eigenvalue weighted by molar-refractivity contribution is -0.116. The van der Waals surface area contributed by atoms with E-state index < -0.39 is 5.97 Å². The summed E-state index contributed by atoms with van der Waals surface area (Å²) in [6.45, 7) is 1.92. The summed E-state index contributed by atoms with van der Waals surface area (Å²) in [7, 11) is 0. The lowest BCUT2D eigenvalue weighted by Gasteiger charge is -2.05. The number of ether oxygens (including phenoxy) is 1. The molecule has 1 fully saturated rings. The van der Waals surface area contributed by atoms with Gasteiger partial charge in [0.2, 0.25) is 5.91 Å². The second kappa shape index (κ2) is 7.76. The van der Waals surface area contributed by atoms with E-state index in [0.717, 1.165) is 11.1 Å². The zero-order valence-corrected chi connectivity index (χ0v) is 14.2. The molecule has 0 atom stereocenters. The standard InChI is InChI=1S/C18H15N3O3S/c1-12-3-2-4-14(9-12)17(23)24-15-7-5-13(6-8-15)10-19-21-18-20-16(22)11-25-18/h2-10H,11H2,1H3,(H,20,21,22)/b19-10-. The minimum atomic E-state index is -0.398. The van der Waals surface area contributed by atoms with Gasteiger partial charge in [-0.3, -0.25) is 4.79 Å². The molecule has 1 N–H and O–H groups in total. The van der Waals surface area contributed by atoms with E-state index in [2.05, 4.69) is 15.5 Å². The summed E-state index contributed by atoms with van der Waals surface area (Å²) in [5.41, 5.74) is 2.31. The van der Waals surface area contributed by atoms with Gasteiger partial charge in [-0.1, -0.05) is 29.5 Å². The Morgan fingerprint density at radius 3 is 2.72 bits per heavy atom. The van der Waals surface area contributed by atoms with Crippen LogP contribution in [0.1, 0.15) is 21.5 Å². The van der Waals surface area contributed by atoms with Gasteiger partial charge < -0.3 is 10.1 Å². The third-order valence-corrected chi connectivity index (χ3v) is 4.15. The molecule has 126 valence electrons. The SMILES string of the molecule is Cc1cccc(C(=O)Oc2ccc(/C=N\N=C3NC(=O)CS3)cc2)c1. The number of hydrogen-bond donors (Lipinski definition) is 1. The number of thioether (sulfide) groups is 1. The average molecular weight is 353 g/mol. The number of esters is 1. The van der Waals surface area contributed by atoms with Gasteiger partial charge in [-0.05, 0) is 48.9 Å². The highest BCUT2D eigenvalue weighted by molar-refractivity contribution is 8.15. The van der Waals surface area contributed by atoms with Crippen molar-refractivity contribution in [2.75, 3.05) is 5.75 Å². The largest absolute Gasteiger partial charge is 0.423 e. The molecule has 1 heterocycles. The van der Waals surface area contributed by atoms with E-state index in [1.54, 1.807) is 42.6 Å². The van der Waals surface area contributed by atoms with E-state index >= 15 is 0 Å². The molecule has 1 saturated heterocycles. The van der Waals surface area contributed by atoms with Crippen molar-refractivity contribution in [3.05, 3.63) is 65.2 Å². The Morgan fingerprint density at radius 2 is 2.04 bits per heavy atom. The molecule has 0 spiro atoms. The third-order valence-electron chi connectivity index (χ3n) is 3.29. The maximum Gasteiger partial charge on any atom is 0.343 e. The van der Waals surface area contributed by atoms with Crippen LogP contribution >= 0.6 is 11.8 Å². The molecule has 2 aromatic carbocycles. The maximum atomic E-state index is 12.1. The van der Waals surface area contributed by atoms with E-state index in [-0.39, 0.29) is 5.91 Å². The maximum absolute atomic E-state index is 12.1. The number of benzene rings is 2. The van der Waals surface area contributed by atoms with E-state index in [1.165, 1.54) is 11.8 Å². The summed E-state index contributed by atoms with van der Waals surface area (Å²) in [6, 6.07) is 14.1. The summed E-state index contributed by atoms with van der Waals surface area (Å²) in [5, 5.41) is 10.9. The normalized spacial score (nSPS) is 15.6. The Kier molecular flexibility index (Phi) is 5.25. The summed E-state index contributed by atoms with van der Waals surface area (Å²) in [4.78, 5) is 23.1. The molecule has 0 aromatic heterocycles. The van der Waals surface area contributed by atoms with Crippen LogP contribution in [0.5, 0.6) is 5.75 Å². The van der Waals surface area contributed by atoms with Crippen LogP contribution in [-0.2, 0) is 4.79 Å². The molecule has 2 aromatic rings. The molecule has 0 aliphatic carbocycles. The van der Waals surface area contributed by atoms with Gasteiger partial charge in [0.05, 0.1) is 17.5 Å². The highest BCUT2D eigenvalue weighted by atomic mass is 32.2. The zero-order valence-electron chi connectivity index (χ0n) is 13.4. The van der Waals surface area contributed by atoms with Crippen molar-refractivity contribution in [3.8, 4) is 5.75 Å². The highest BCUT2D eigenvalue weighted by Crippen LogP contribution is 2.14. The van der Waals surface area contributed by atoms with E-state index in [0.29, 0.717) is 22.2 Å². The van der Waals surface area contributed by atoms with Gasteiger partial charge in [0, 0.05) is 0 Å². The Bertz CT molecular complexity index is 860. The van der Waals surface area contributed by atoms with Crippen LogP contribution in [0.2, 0.25) is 0 Å². The number of carbonyl (C=O) groups is 2. The van der Waals surface area contributed by atoms with E-state index in [9.17, 15) is 9.59 Å². The van der Waals surface area contributed by atoms with Crippen molar-refractivity contribution >= 4 is 35.0 Å². The number of hydrogen-bond acceptors (Lipinski definition) is 6. The van der Waals surface area contributed by atoms with Crippen molar-refractivity contribution in [1.82, 2.24) is 5.32 Å². The summed E-state index contributed by atoms with van der Waals surface area (Å²) in [5.74, 6) is 0.354. The lowest BCUT2D eigenvalue weighted by Crippen LogP contribution is -2.19. The molecule has 7 heteroatoms. The van der Waals surface area contributed by atoms with Crippen LogP contribution in [0.3, 0.4) is 0 Å². The van der Waals surface area contributed by atoms with Crippen LogP contribution in [0.25, 0.3) is 0 Å². The second-order valence-corrected chi connectivity index (χ2v) is 6.28. The van der Waals surface area contributed by atoms with Crippen LogP contribution in [0.4, 0.5) is 0 Å². The van der Waals surface area contributed by atoms with E-state index in [1.807, 2.05) is 19.1 Å². The molecule has 0 radical (unpaired) electrons. The first-order chi connectivity index (χ1) is 12.1. The average Bonchev–Trinajstić information content (AvgIpc) is 3.02. The molecule has 1 amide bonds. The molecule has 0 bridgehead atoms. The van der Waals surface area contributed by atoms with E-state index in [4.69, 9.17) is 4.74 Å². The number of nitrogens with one attached hydrogen (secondary N) is 1. The fraction of sp³-hybridized carbons (Fsp3) is 0.111. The molecule has 25 heavy (non-hydrogen) atoms. The molecule has 0 saturated carbocycles. The molecular weight excluding hydrogens is 338 g/mol. The molecule has 3 rings (SSSR count). The molecule has 1 aliphatic rings. The number of aryl methyl sites for hydroxylation is 1. The Balaban J connectivity index is 1.60. The van der Waals surface area contributed by atoms with Gasteiger partial charge in [-0.15, -0.1) is 5.10 Å². The van der Waals surface area contributed by atoms with Gasteiger partial charge in [-0.2, -0.15) is 5.10 Å². The fourth-order valence-corrected chi connectivity index (χ4v) is 2.72. The summed E-state index contributed by atoms with van der Waals surface area (Å²) >= 11 is 1.31. The Morgan fingerprint density at radius 1 is 1.24 bits per heavy atom. The fourth-order valence-electron chi connectivity index (χ4n) is 2.09. The first-order valence-electron chi connectivity index (χ1n) is 7.53. The van der Waals surface area contributed by atoms with Crippen molar-refractivity contribution < 1.29 is 14.3 Å². The topological polar surface area (TPSA) is 80.1 Å². The van der Waals surface area contributed by atoms with Gasteiger partial charge >= 0.3 is 5.97 Å². The van der Waals surface area contributed by atoms with Gasteiger partial charge in [0.1, 0.15) is 5.75 Å². The van der Waals surface area contributed by atoms with Gasteiger partial charge in [-0.25, -0.2) is 4.79 Å². The molecule has 0 unspecified atom stereocenters. The van der Waals surface area contributed by atoms with Crippen molar-refractivity contribution in [1.29, 1.82) is 0 Å². The number of amidine groups is 1. The third kappa shape index (κ3) is 4.77. The summed E-state index contributed by atoms with van der Waals surface area (Å²) < 4.78 is 5.35.